The third-order valence-electron chi connectivity index (χ3n) is 5.25. The number of rotatable bonds is 5. The van der Waals surface area contributed by atoms with Crippen molar-refractivity contribution in [1.29, 1.82) is 0 Å². The van der Waals surface area contributed by atoms with Crippen LogP contribution in [0, 0.1) is 12.8 Å². The van der Waals surface area contributed by atoms with E-state index < -0.39 is 0 Å². The molecule has 0 amide bonds. The van der Waals surface area contributed by atoms with Crippen LogP contribution in [0.4, 0.5) is 0 Å². The van der Waals surface area contributed by atoms with E-state index in [1.165, 1.54) is 44.2 Å². The number of hydrogen-bond donors (Lipinski definition) is 1. The number of nitrogens with one attached hydrogen (secondary N) is 1. The minimum absolute atomic E-state index is 0.500. The van der Waals surface area contributed by atoms with E-state index in [9.17, 15) is 0 Å². The van der Waals surface area contributed by atoms with Crippen LogP contribution in [0.1, 0.15) is 63.0 Å². The minimum atomic E-state index is 0.500. The molecule has 2 atom stereocenters. The van der Waals surface area contributed by atoms with Crippen molar-refractivity contribution in [3.63, 3.8) is 0 Å². The first kappa shape index (κ1) is 15.1. The van der Waals surface area contributed by atoms with E-state index in [0.29, 0.717) is 6.04 Å². The van der Waals surface area contributed by atoms with Crippen LogP contribution in [0.2, 0.25) is 0 Å². The Kier molecular flexibility index (Phi) is 4.70. The molecule has 1 saturated heterocycles. The fourth-order valence-electron chi connectivity index (χ4n) is 4.05. The first-order chi connectivity index (χ1) is 10.1. The Morgan fingerprint density at radius 1 is 1.29 bits per heavy atom. The molecule has 1 aromatic rings. The monoisotopic (exact) mass is 290 g/mol. The van der Waals surface area contributed by atoms with Gasteiger partial charge in [-0.2, -0.15) is 0 Å². The number of furan rings is 1. The lowest BCUT2D eigenvalue weighted by Crippen LogP contribution is -2.34. The van der Waals surface area contributed by atoms with Crippen molar-refractivity contribution in [2.45, 2.75) is 78.0 Å². The number of hydrogen-bond acceptors (Lipinski definition) is 3. The van der Waals surface area contributed by atoms with Crippen LogP contribution in [0.25, 0.3) is 0 Å². The summed E-state index contributed by atoms with van der Waals surface area (Å²) in [7, 11) is 0. The lowest BCUT2D eigenvalue weighted by Gasteiger charge is -2.31. The second-order valence-corrected chi connectivity index (χ2v) is 7.20. The number of aryl methyl sites for hydroxylation is 1. The van der Waals surface area contributed by atoms with Crippen molar-refractivity contribution >= 4 is 0 Å². The van der Waals surface area contributed by atoms with Crippen molar-refractivity contribution in [2.24, 2.45) is 5.92 Å². The molecule has 1 N–H and O–H groups in total. The van der Waals surface area contributed by atoms with Gasteiger partial charge in [0.25, 0.3) is 0 Å². The molecule has 118 valence electrons. The number of nitrogens with zero attached hydrogens (tertiary/aromatic N) is 1. The molecule has 0 bridgehead atoms. The van der Waals surface area contributed by atoms with Gasteiger partial charge < -0.3 is 9.73 Å². The largest absolute Gasteiger partial charge is 0.465 e. The quantitative estimate of drug-likeness (QED) is 0.893. The molecule has 1 aliphatic heterocycles. The maximum Gasteiger partial charge on any atom is 0.118 e. The van der Waals surface area contributed by atoms with E-state index in [4.69, 9.17) is 4.42 Å². The zero-order valence-electron chi connectivity index (χ0n) is 13.8. The molecular weight excluding hydrogens is 260 g/mol. The summed E-state index contributed by atoms with van der Waals surface area (Å²) in [5, 5.41) is 3.43. The third kappa shape index (κ3) is 3.51. The SMILES string of the molecule is Cc1oc(CNC(C)C)cc1CN1CCC2CCCCC21. The Morgan fingerprint density at radius 3 is 2.90 bits per heavy atom. The Balaban J connectivity index is 1.62. The van der Waals surface area contributed by atoms with Crippen LogP contribution in [0.15, 0.2) is 10.5 Å². The van der Waals surface area contributed by atoms with Gasteiger partial charge >= 0.3 is 0 Å². The average Bonchev–Trinajstić information content (AvgIpc) is 3.02. The Hall–Kier alpha value is -0.800. The van der Waals surface area contributed by atoms with Crippen molar-refractivity contribution < 1.29 is 4.42 Å². The fraction of sp³-hybridized carbons (Fsp3) is 0.778. The molecule has 1 aromatic heterocycles. The van der Waals surface area contributed by atoms with Crippen LogP contribution in [0.3, 0.4) is 0 Å². The van der Waals surface area contributed by atoms with Gasteiger partial charge in [-0.25, -0.2) is 0 Å². The Morgan fingerprint density at radius 2 is 2.10 bits per heavy atom. The summed E-state index contributed by atoms with van der Waals surface area (Å²) < 4.78 is 5.92. The van der Waals surface area contributed by atoms with Gasteiger partial charge in [0.05, 0.1) is 6.54 Å². The molecule has 2 fully saturated rings. The van der Waals surface area contributed by atoms with Crippen LogP contribution in [-0.4, -0.2) is 23.5 Å². The van der Waals surface area contributed by atoms with Gasteiger partial charge in [0, 0.05) is 24.2 Å². The van der Waals surface area contributed by atoms with E-state index >= 15 is 0 Å². The lowest BCUT2D eigenvalue weighted by atomic mass is 9.85. The van der Waals surface area contributed by atoms with Crippen molar-refractivity contribution in [3.8, 4) is 0 Å². The highest BCUT2D eigenvalue weighted by Gasteiger charge is 2.35. The fourth-order valence-corrected chi connectivity index (χ4v) is 4.05. The molecule has 1 saturated carbocycles. The van der Waals surface area contributed by atoms with Crippen LogP contribution >= 0.6 is 0 Å². The van der Waals surface area contributed by atoms with Gasteiger partial charge in [-0.15, -0.1) is 0 Å². The van der Waals surface area contributed by atoms with E-state index in [2.05, 4.69) is 37.1 Å². The third-order valence-corrected chi connectivity index (χ3v) is 5.25. The van der Waals surface area contributed by atoms with E-state index in [1.54, 1.807) is 0 Å². The van der Waals surface area contributed by atoms with Gasteiger partial charge in [-0.05, 0) is 44.7 Å². The van der Waals surface area contributed by atoms with Gasteiger partial charge in [0.15, 0.2) is 0 Å². The number of fused-ring (bicyclic) bond motifs is 1. The predicted octanol–water partition coefficient (Wildman–Crippen LogP) is 3.85. The summed E-state index contributed by atoms with van der Waals surface area (Å²) in [4.78, 5) is 2.71. The minimum Gasteiger partial charge on any atom is -0.465 e. The van der Waals surface area contributed by atoms with Crippen molar-refractivity contribution in [3.05, 3.63) is 23.2 Å². The molecule has 3 nitrogen and oxygen atoms in total. The second-order valence-electron chi connectivity index (χ2n) is 7.20. The highest BCUT2D eigenvalue weighted by Crippen LogP contribution is 2.37. The summed E-state index contributed by atoms with van der Waals surface area (Å²) in [6, 6.07) is 3.60. The summed E-state index contributed by atoms with van der Waals surface area (Å²) in [5.74, 6) is 3.15. The molecule has 0 aromatic carbocycles. The Labute approximate surface area is 129 Å². The maximum atomic E-state index is 5.92. The molecule has 21 heavy (non-hydrogen) atoms. The van der Waals surface area contributed by atoms with E-state index in [0.717, 1.165) is 36.6 Å². The molecule has 1 aliphatic carbocycles. The molecule has 0 spiro atoms. The van der Waals surface area contributed by atoms with E-state index in [-0.39, 0.29) is 0 Å². The van der Waals surface area contributed by atoms with Gasteiger partial charge in [-0.3, -0.25) is 4.90 Å². The van der Waals surface area contributed by atoms with Crippen LogP contribution in [-0.2, 0) is 13.1 Å². The summed E-state index contributed by atoms with van der Waals surface area (Å²) >= 11 is 0. The first-order valence-corrected chi connectivity index (χ1v) is 8.69. The molecule has 0 radical (unpaired) electrons. The van der Waals surface area contributed by atoms with Gasteiger partial charge in [-0.1, -0.05) is 26.7 Å². The van der Waals surface area contributed by atoms with Crippen molar-refractivity contribution in [2.75, 3.05) is 6.54 Å². The smallest absolute Gasteiger partial charge is 0.118 e. The van der Waals surface area contributed by atoms with Crippen molar-refractivity contribution in [1.82, 2.24) is 10.2 Å². The first-order valence-electron chi connectivity index (χ1n) is 8.69. The highest BCUT2D eigenvalue weighted by atomic mass is 16.3. The van der Waals surface area contributed by atoms with Crippen LogP contribution in [0.5, 0.6) is 0 Å². The van der Waals surface area contributed by atoms with E-state index in [1.807, 2.05) is 0 Å². The molecule has 3 rings (SSSR count). The molecule has 2 unspecified atom stereocenters. The van der Waals surface area contributed by atoms with Crippen LogP contribution < -0.4 is 5.32 Å². The van der Waals surface area contributed by atoms with Gasteiger partial charge in [0.2, 0.25) is 0 Å². The topological polar surface area (TPSA) is 28.4 Å². The molecular formula is C18H30N2O. The molecule has 2 heterocycles. The summed E-state index contributed by atoms with van der Waals surface area (Å²) in [6.45, 7) is 9.65. The average molecular weight is 290 g/mol. The highest BCUT2D eigenvalue weighted by molar-refractivity contribution is 5.21. The zero-order valence-corrected chi connectivity index (χ0v) is 13.8. The predicted molar refractivity (Wildman–Crippen MR) is 86.2 cm³/mol. The summed E-state index contributed by atoms with van der Waals surface area (Å²) in [5.41, 5.74) is 1.39. The zero-order chi connectivity index (χ0) is 14.8. The second kappa shape index (κ2) is 6.53. The summed E-state index contributed by atoms with van der Waals surface area (Å²) in [6.07, 6.45) is 7.14. The van der Waals surface area contributed by atoms with Gasteiger partial charge in [0.1, 0.15) is 11.5 Å². The molecule has 2 aliphatic rings. The lowest BCUT2D eigenvalue weighted by molar-refractivity contribution is 0.175. The normalized spacial score (nSPS) is 26.5. The maximum absolute atomic E-state index is 5.92. The Bertz CT molecular complexity index is 466. The standard InChI is InChI=1S/C18H30N2O/c1-13(2)19-11-17-10-16(14(3)21-17)12-20-9-8-15-6-4-5-7-18(15)20/h10,13,15,18-19H,4-9,11-12H2,1-3H3. The molecule has 3 heteroatoms. The number of likely N-dealkylation sites (tertiary alicyclic amines) is 1.